The van der Waals surface area contributed by atoms with E-state index in [9.17, 15) is 9.59 Å². The van der Waals surface area contributed by atoms with Crippen LogP contribution in [0.4, 0.5) is 5.69 Å². The van der Waals surface area contributed by atoms with Gasteiger partial charge in [-0.2, -0.15) is 0 Å². The maximum absolute atomic E-state index is 12.5. The predicted octanol–water partition coefficient (Wildman–Crippen LogP) is 3.43. The van der Waals surface area contributed by atoms with E-state index < -0.39 is 0 Å². The SMILES string of the molecule is CCOC(=O)c1ccc(NC(=O)CSc2nnc(-c3ccncc3)n2CC2CCCO2)cc1. The van der Waals surface area contributed by atoms with Crippen molar-refractivity contribution in [2.24, 2.45) is 0 Å². The van der Waals surface area contributed by atoms with Crippen molar-refractivity contribution in [1.82, 2.24) is 19.7 Å². The molecule has 0 aliphatic carbocycles. The van der Waals surface area contributed by atoms with Crippen LogP contribution in [0.5, 0.6) is 0 Å². The van der Waals surface area contributed by atoms with Crippen molar-refractivity contribution >= 4 is 29.3 Å². The Labute approximate surface area is 195 Å². The van der Waals surface area contributed by atoms with E-state index >= 15 is 0 Å². The Morgan fingerprint density at radius 3 is 2.67 bits per heavy atom. The molecular weight excluding hydrogens is 442 g/mol. The minimum atomic E-state index is -0.387. The number of esters is 1. The molecule has 3 aromatic rings. The number of ether oxygens (including phenoxy) is 2. The van der Waals surface area contributed by atoms with Gasteiger partial charge in [0.15, 0.2) is 11.0 Å². The fourth-order valence-corrected chi connectivity index (χ4v) is 4.25. The Morgan fingerprint density at radius 1 is 1.18 bits per heavy atom. The van der Waals surface area contributed by atoms with Gasteiger partial charge in [0.05, 0.1) is 30.6 Å². The average Bonchev–Trinajstić information content (AvgIpc) is 3.49. The van der Waals surface area contributed by atoms with Crippen LogP contribution < -0.4 is 5.32 Å². The first kappa shape index (κ1) is 22.9. The monoisotopic (exact) mass is 467 g/mol. The number of anilines is 1. The summed E-state index contributed by atoms with van der Waals surface area (Å²) >= 11 is 1.32. The lowest BCUT2D eigenvalue weighted by Crippen LogP contribution is -2.18. The van der Waals surface area contributed by atoms with Crippen molar-refractivity contribution in [2.75, 3.05) is 24.3 Å². The molecule has 1 unspecified atom stereocenters. The van der Waals surface area contributed by atoms with E-state index in [1.165, 1.54) is 11.8 Å². The predicted molar refractivity (Wildman–Crippen MR) is 124 cm³/mol. The van der Waals surface area contributed by atoms with E-state index in [1.54, 1.807) is 43.6 Å². The third kappa shape index (κ3) is 5.96. The van der Waals surface area contributed by atoms with Crippen LogP contribution in [0.2, 0.25) is 0 Å². The van der Waals surface area contributed by atoms with Crippen molar-refractivity contribution in [1.29, 1.82) is 0 Å². The third-order valence-electron chi connectivity index (χ3n) is 5.08. The molecule has 3 heterocycles. The van der Waals surface area contributed by atoms with Crippen LogP contribution in [0.25, 0.3) is 11.4 Å². The maximum atomic E-state index is 12.5. The number of amides is 1. The molecule has 0 saturated carbocycles. The van der Waals surface area contributed by atoms with E-state index in [-0.39, 0.29) is 23.7 Å². The highest BCUT2D eigenvalue weighted by Gasteiger charge is 2.22. The second-order valence-corrected chi connectivity index (χ2v) is 8.36. The fourth-order valence-electron chi connectivity index (χ4n) is 3.50. The number of hydrogen-bond acceptors (Lipinski definition) is 8. The largest absolute Gasteiger partial charge is 0.462 e. The molecular formula is C23H25N5O4S. The minimum absolute atomic E-state index is 0.104. The Kier molecular flexibility index (Phi) is 7.69. The van der Waals surface area contributed by atoms with Gasteiger partial charge in [-0.1, -0.05) is 11.8 Å². The van der Waals surface area contributed by atoms with Crippen molar-refractivity contribution < 1.29 is 19.1 Å². The number of thioether (sulfide) groups is 1. The van der Waals surface area contributed by atoms with Crippen LogP contribution >= 0.6 is 11.8 Å². The van der Waals surface area contributed by atoms with Crippen LogP contribution in [0.1, 0.15) is 30.1 Å². The van der Waals surface area contributed by atoms with E-state index in [0.717, 1.165) is 30.8 Å². The minimum Gasteiger partial charge on any atom is -0.462 e. The maximum Gasteiger partial charge on any atom is 0.338 e. The molecule has 0 bridgehead atoms. The summed E-state index contributed by atoms with van der Waals surface area (Å²) in [5.41, 5.74) is 1.95. The number of carbonyl (C=O) groups is 2. The van der Waals surface area contributed by atoms with E-state index in [4.69, 9.17) is 9.47 Å². The van der Waals surface area contributed by atoms with Crippen LogP contribution in [-0.4, -0.2) is 56.7 Å². The number of nitrogens with zero attached hydrogens (tertiary/aromatic N) is 4. The number of hydrogen-bond donors (Lipinski definition) is 1. The number of rotatable bonds is 9. The number of benzene rings is 1. The van der Waals surface area contributed by atoms with Crippen molar-refractivity contribution in [2.45, 2.75) is 37.6 Å². The molecule has 4 rings (SSSR count). The number of aromatic nitrogens is 4. The second-order valence-electron chi connectivity index (χ2n) is 7.42. The number of carbonyl (C=O) groups excluding carboxylic acids is 2. The van der Waals surface area contributed by atoms with Crippen molar-refractivity contribution in [3.05, 3.63) is 54.4 Å². The molecule has 1 saturated heterocycles. The zero-order chi connectivity index (χ0) is 23.0. The van der Waals surface area contributed by atoms with Gasteiger partial charge < -0.3 is 14.8 Å². The number of nitrogens with one attached hydrogen (secondary N) is 1. The lowest BCUT2D eigenvalue weighted by atomic mass is 10.2. The summed E-state index contributed by atoms with van der Waals surface area (Å²) in [5, 5.41) is 12.2. The fraction of sp³-hybridized carbons (Fsp3) is 0.348. The van der Waals surface area contributed by atoms with E-state index in [0.29, 0.717) is 29.6 Å². The lowest BCUT2D eigenvalue weighted by molar-refractivity contribution is -0.113. The first-order valence-electron chi connectivity index (χ1n) is 10.8. The van der Waals surface area contributed by atoms with Gasteiger partial charge >= 0.3 is 5.97 Å². The Balaban J connectivity index is 1.41. The van der Waals surface area contributed by atoms with E-state index in [1.807, 2.05) is 16.7 Å². The van der Waals surface area contributed by atoms with Crippen LogP contribution in [0.15, 0.2) is 53.9 Å². The van der Waals surface area contributed by atoms with Gasteiger partial charge in [-0.25, -0.2) is 4.79 Å². The molecule has 2 aromatic heterocycles. The summed E-state index contributed by atoms with van der Waals surface area (Å²) in [4.78, 5) is 28.4. The van der Waals surface area contributed by atoms with Gasteiger partial charge in [0.25, 0.3) is 0 Å². The zero-order valence-electron chi connectivity index (χ0n) is 18.3. The highest BCUT2D eigenvalue weighted by atomic mass is 32.2. The molecule has 1 fully saturated rings. The second kappa shape index (κ2) is 11.1. The molecule has 10 heteroatoms. The Bertz CT molecular complexity index is 1080. The summed E-state index contributed by atoms with van der Waals surface area (Å²) in [6.07, 6.45) is 5.56. The van der Waals surface area contributed by atoms with Crippen molar-refractivity contribution in [3.63, 3.8) is 0 Å². The van der Waals surface area contributed by atoms with Gasteiger partial charge in [0, 0.05) is 30.3 Å². The molecule has 1 aliphatic rings. The molecule has 1 N–H and O–H groups in total. The molecule has 1 aliphatic heterocycles. The third-order valence-corrected chi connectivity index (χ3v) is 6.04. The molecule has 0 spiro atoms. The van der Waals surface area contributed by atoms with Gasteiger partial charge in [0.2, 0.25) is 5.91 Å². The molecule has 0 radical (unpaired) electrons. The smallest absolute Gasteiger partial charge is 0.338 e. The molecule has 9 nitrogen and oxygen atoms in total. The lowest BCUT2D eigenvalue weighted by Gasteiger charge is -2.14. The molecule has 1 aromatic carbocycles. The molecule has 1 amide bonds. The Hall–Kier alpha value is -3.24. The first-order valence-corrected chi connectivity index (χ1v) is 11.8. The zero-order valence-corrected chi connectivity index (χ0v) is 19.1. The normalized spacial score (nSPS) is 15.4. The van der Waals surface area contributed by atoms with Gasteiger partial charge in [-0.05, 0) is 56.2 Å². The summed E-state index contributed by atoms with van der Waals surface area (Å²) in [5.74, 6) is 0.326. The molecule has 1 atom stereocenters. The topological polar surface area (TPSA) is 108 Å². The van der Waals surface area contributed by atoms with Crippen LogP contribution in [0.3, 0.4) is 0 Å². The first-order chi connectivity index (χ1) is 16.1. The van der Waals surface area contributed by atoms with Crippen LogP contribution in [-0.2, 0) is 20.8 Å². The average molecular weight is 468 g/mol. The van der Waals surface area contributed by atoms with Gasteiger partial charge in [-0.15, -0.1) is 10.2 Å². The summed E-state index contributed by atoms with van der Waals surface area (Å²) in [6.45, 7) is 3.46. The molecule has 33 heavy (non-hydrogen) atoms. The number of pyridine rings is 1. The highest BCUT2D eigenvalue weighted by molar-refractivity contribution is 7.99. The standard InChI is InChI=1S/C23H25N5O4S/c1-2-31-22(30)17-5-7-18(8-6-17)25-20(29)15-33-23-27-26-21(16-9-11-24-12-10-16)28(23)14-19-4-3-13-32-19/h5-12,19H,2-4,13-15H2,1H3,(H,25,29). The van der Waals surface area contributed by atoms with Crippen molar-refractivity contribution in [3.8, 4) is 11.4 Å². The highest BCUT2D eigenvalue weighted by Crippen LogP contribution is 2.26. The van der Waals surface area contributed by atoms with Crippen LogP contribution in [0, 0.1) is 0 Å². The summed E-state index contributed by atoms with van der Waals surface area (Å²) in [6, 6.07) is 10.4. The summed E-state index contributed by atoms with van der Waals surface area (Å²) in [7, 11) is 0. The van der Waals surface area contributed by atoms with Gasteiger partial charge in [0.1, 0.15) is 0 Å². The van der Waals surface area contributed by atoms with E-state index in [2.05, 4.69) is 20.5 Å². The molecule has 172 valence electrons. The Morgan fingerprint density at radius 2 is 1.97 bits per heavy atom. The van der Waals surface area contributed by atoms with Gasteiger partial charge in [-0.3, -0.25) is 14.3 Å². The quantitative estimate of drug-likeness (QED) is 0.377. The summed E-state index contributed by atoms with van der Waals surface area (Å²) < 4.78 is 12.8.